The summed E-state index contributed by atoms with van der Waals surface area (Å²) < 4.78 is 0. The van der Waals surface area contributed by atoms with Crippen LogP contribution in [0.2, 0.25) is 0 Å². The maximum atomic E-state index is 3.35. The zero-order valence-electron chi connectivity index (χ0n) is 8.05. The normalized spacial score (nSPS) is 33.2. The topological polar surface area (TPSA) is 15.3 Å². The smallest absolute Gasteiger partial charge is 0.00958 e. The summed E-state index contributed by atoms with van der Waals surface area (Å²) in [5, 5.41) is 3.35. The van der Waals surface area contributed by atoms with Crippen molar-refractivity contribution in [1.82, 2.24) is 10.2 Å². The van der Waals surface area contributed by atoms with Gasteiger partial charge in [-0.15, -0.1) is 0 Å². The molecule has 0 saturated carbocycles. The van der Waals surface area contributed by atoms with Crippen molar-refractivity contribution in [2.45, 2.75) is 31.7 Å². The summed E-state index contributed by atoms with van der Waals surface area (Å²) in [5.74, 6) is 0.982. The average Bonchev–Trinajstić information content (AvgIpc) is 2.00. The molecule has 1 N–H and O–H groups in total. The van der Waals surface area contributed by atoms with Crippen LogP contribution in [0.5, 0.6) is 0 Å². The van der Waals surface area contributed by atoms with Crippen molar-refractivity contribution >= 4 is 0 Å². The second kappa shape index (κ2) is 3.75. The van der Waals surface area contributed by atoms with E-state index < -0.39 is 0 Å². The van der Waals surface area contributed by atoms with Gasteiger partial charge in [0.2, 0.25) is 0 Å². The van der Waals surface area contributed by atoms with Crippen LogP contribution in [-0.2, 0) is 0 Å². The van der Waals surface area contributed by atoms with Crippen LogP contribution in [-0.4, -0.2) is 37.6 Å². The Bertz CT molecular complexity index is 143. The van der Waals surface area contributed by atoms with Crippen molar-refractivity contribution in [2.75, 3.05) is 26.7 Å². The molecular formula is C10H20N2. The molecular weight excluding hydrogens is 148 g/mol. The molecule has 2 heterocycles. The zero-order valence-corrected chi connectivity index (χ0v) is 8.05. The molecule has 2 aliphatic heterocycles. The molecule has 1 unspecified atom stereocenters. The largest absolute Gasteiger partial charge is 0.316 e. The number of hydrogen-bond donors (Lipinski definition) is 1. The molecule has 2 nitrogen and oxygen atoms in total. The van der Waals surface area contributed by atoms with E-state index in [0.717, 1.165) is 12.0 Å². The summed E-state index contributed by atoms with van der Waals surface area (Å²) in [7, 11) is 2.29. The molecule has 2 rings (SSSR count). The van der Waals surface area contributed by atoms with Gasteiger partial charge < -0.3 is 10.2 Å². The third-order valence-electron chi connectivity index (χ3n) is 3.39. The fraction of sp³-hybridized carbons (Fsp3) is 1.00. The summed E-state index contributed by atoms with van der Waals surface area (Å²) >= 11 is 0. The maximum Gasteiger partial charge on any atom is 0.00958 e. The summed E-state index contributed by atoms with van der Waals surface area (Å²) in [6, 6.07) is 0.894. The van der Waals surface area contributed by atoms with E-state index in [0.29, 0.717) is 0 Å². The van der Waals surface area contributed by atoms with Crippen molar-refractivity contribution in [2.24, 2.45) is 5.92 Å². The van der Waals surface area contributed by atoms with Crippen LogP contribution >= 0.6 is 0 Å². The highest BCUT2D eigenvalue weighted by Gasteiger charge is 2.25. The van der Waals surface area contributed by atoms with Crippen LogP contribution in [0, 0.1) is 5.92 Å². The van der Waals surface area contributed by atoms with Gasteiger partial charge in [0.25, 0.3) is 0 Å². The van der Waals surface area contributed by atoms with E-state index in [4.69, 9.17) is 0 Å². The molecule has 0 aromatic rings. The second-order valence-electron chi connectivity index (χ2n) is 4.39. The van der Waals surface area contributed by atoms with E-state index in [2.05, 4.69) is 17.3 Å². The molecule has 12 heavy (non-hydrogen) atoms. The highest BCUT2D eigenvalue weighted by atomic mass is 15.1. The van der Waals surface area contributed by atoms with Gasteiger partial charge in [-0.1, -0.05) is 6.42 Å². The molecule has 1 atom stereocenters. The van der Waals surface area contributed by atoms with Crippen LogP contribution in [0.25, 0.3) is 0 Å². The summed E-state index contributed by atoms with van der Waals surface area (Å²) in [4.78, 5) is 2.56. The van der Waals surface area contributed by atoms with Crippen LogP contribution in [0.3, 0.4) is 0 Å². The molecule has 0 aromatic carbocycles. The minimum atomic E-state index is 0.894. The minimum absolute atomic E-state index is 0.894. The number of rotatable bonds is 2. The van der Waals surface area contributed by atoms with E-state index in [1.165, 1.54) is 45.3 Å². The number of hydrogen-bond acceptors (Lipinski definition) is 2. The molecule has 2 heteroatoms. The number of piperidine rings is 1. The predicted molar refractivity (Wildman–Crippen MR) is 51.2 cm³/mol. The van der Waals surface area contributed by atoms with Gasteiger partial charge in [0, 0.05) is 6.04 Å². The lowest BCUT2D eigenvalue weighted by Crippen LogP contribution is -2.47. The first kappa shape index (κ1) is 8.52. The van der Waals surface area contributed by atoms with Gasteiger partial charge >= 0.3 is 0 Å². The third kappa shape index (κ3) is 1.80. The van der Waals surface area contributed by atoms with Crippen LogP contribution in [0.15, 0.2) is 0 Å². The molecule has 0 bridgehead atoms. The SMILES string of the molecule is CN1CCCCC1CC1CNC1. The molecule has 2 aliphatic rings. The summed E-state index contributed by atoms with van der Waals surface area (Å²) in [6.07, 6.45) is 5.74. The second-order valence-corrected chi connectivity index (χ2v) is 4.39. The Morgan fingerprint density at radius 2 is 2.17 bits per heavy atom. The van der Waals surface area contributed by atoms with Gasteiger partial charge in [0.1, 0.15) is 0 Å². The number of likely N-dealkylation sites (tertiary alicyclic amines) is 1. The summed E-state index contributed by atoms with van der Waals surface area (Å²) in [6.45, 7) is 3.86. The molecule has 70 valence electrons. The zero-order chi connectivity index (χ0) is 8.39. The molecule has 0 aliphatic carbocycles. The Balaban J connectivity index is 1.76. The van der Waals surface area contributed by atoms with Gasteiger partial charge in [0.05, 0.1) is 0 Å². The van der Waals surface area contributed by atoms with E-state index in [9.17, 15) is 0 Å². The molecule has 0 spiro atoms. The van der Waals surface area contributed by atoms with Crippen molar-refractivity contribution in [3.8, 4) is 0 Å². The van der Waals surface area contributed by atoms with Crippen molar-refractivity contribution in [3.63, 3.8) is 0 Å². The first-order chi connectivity index (χ1) is 5.86. The van der Waals surface area contributed by atoms with E-state index in [-0.39, 0.29) is 0 Å². The molecule has 2 fully saturated rings. The monoisotopic (exact) mass is 168 g/mol. The summed E-state index contributed by atoms with van der Waals surface area (Å²) in [5.41, 5.74) is 0. The van der Waals surface area contributed by atoms with Gasteiger partial charge in [-0.2, -0.15) is 0 Å². The lowest BCUT2D eigenvalue weighted by molar-refractivity contribution is 0.141. The van der Waals surface area contributed by atoms with Crippen LogP contribution in [0.1, 0.15) is 25.7 Å². The Morgan fingerprint density at radius 3 is 2.75 bits per heavy atom. The van der Waals surface area contributed by atoms with E-state index >= 15 is 0 Å². The molecule has 0 aromatic heterocycles. The van der Waals surface area contributed by atoms with Gasteiger partial charge in [-0.05, 0) is 51.9 Å². The van der Waals surface area contributed by atoms with E-state index in [1.54, 1.807) is 0 Å². The van der Waals surface area contributed by atoms with E-state index in [1.807, 2.05) is 0 Å². The van der Waals surface area contributed by atoms with Gasteiger partial charge in [0.15, 0.2) is 0 Å². The molecule has 2 saturated heterocycles. The highest BCUT2D eigenvalue weighted by Crippen LogP contribution is 2.22. The predicted octanol–water partition coefficient (Wildman–Crippen LogP) is 1.08. The maximum absolute atomic E-state index is 3.35. The highest BCUT2D eigenvalue weighted by molar-refractivity contribution is 4.83. The Morgan fingerprint density at radius 1 is 1.33 bits per heavy atom. The standard InChI is InChI=1S/C10H20N2/c1-12-5-3-2-4-10(12)6-9-7-11-8-9/h9-11H,2-8H2,1H3. The van der Waals surface area contributed by atoms with Crippen LogP contribution < -0.4 is 5.32 Å². The quantitative estimate of drug-likeness (QED) is 0.664. The number of nitrogens with one attached hydrogen (secondary N) is 1. The lowest BCUT2D eigenvalue weighted by atomic mass is 9.89. The average molecular weight is 168 g/mol. The van der Waals surface area contributed by atoms with Crippen molar-refractivity contribution in [1.29, 1.82) is 0 Å². The fourth-order valence-electron chi connectivity index (χ4n) is 2.34. The van der Waals surface area contributed by atoms with Gasteiger partial charge in [-0.3, -0.25) is 0 Å². The third-order valence-corrected chi connectivity index (χ3v) is 3.39. The lowest BCUT2D eigenvalue weighted by Gasteiger charge is -2.37. The van der Waals surface area contributed by atoms with Crippen molar-refractivity contribution in [3.05, 3.63) is 0 Å². The van der Waals surface area contributed by atoms with Crippen LogP contribution in [0.4, 0.5) is 0 Å². The Hall–Kier alpha value is -0.0800. The first-order valence-electron chi connectivity index (χ1n) is 5.27. The van der Waals surface area contributed by atoms with Gasteiger partial charge in [-0.25, -0.2) is 0 Å². The fourth-order valence-corrected chi connectivity index (χ4v) is 2.34. The molecule has 0 amide bonds. The van der Waals surface area contributed by atoms with Crippen molar-refractivity contribution < 1.29 is 0 Å². The number of nitrogens with zero attached hydrogens (tertiary/aromatic N) is 1. The molecule has 0 radical (unpaired) electrons. The Labute approximate surface area is 75.3 Å². The minimum Gasteiger partial charge on any atom is -0.316 e. The Kier molecular flexibility index (Phi) is 2.66. The first-order valence-corrected chi connectivity index (χ1v) is 5.27.